The number of carbonyl (C=O) groups excluding carboxylic acids is 2. The summed E-state index contributed by atoms with van der Waals surface area (Å²) in [7, 11) is 3.24. The molecule has 0 bridgehead atoms. The first kappa shape index (κ1) is 20.4. The van der Waals surface area contributed by atoms with E-state index in [-0.39, 0.29) is 18.0 Å². The van der Waals surface area contributed by atoms with Crippen LogP contribution in [0.25, 0.3) is 0 Å². The van der Waals surface area contributed by atoms with Crippen LogP contribution in [0.2, 0.25) is 0 Å². The standard InChI is InChI=1S/C20H30N4O4/c1-27-15-14-23-11-8-17(19(23)25)22-9-5-10-24(13-12-22)20(26)21-16-6-3-4-7-18(16)28-2/h3-4,6-7,17H,5,8-15H2,1-2H3,(H,21,26)/t17-/m0/s1. The average Bonchev–Trinajstić information content (AvgIpc) is 2.92. The molecule has 0 unspecified atom stereocenters. The molecule has 154 valence electrons. The first-order valence-corrected chi connectivity index (χ1v) is 9.84. The summed E-state index contributed by atoms with van der Waals surface area (Å²) in [6.45, 7) is 4.79. The number of nitrogens with zero attached hydrogens (tertiary/aromatic N) is 3. The number of carbonyl (C=O) groups is 2. The Morgan fingerprint density at radius 3 is 2.75 bits per heavy atom. The molecule has 1 N–H and O–H groups in total. The Bertz CT molecular complexity index is 684. The summed E-state index contributed by atoms with van der Waals surface area (Å²) in [5.41, 5.74) is 0.663. The van der Waals surface area contributed by atoms with Gasteiger partial charge in [-0.1, -0.05) is 12.1 Å². The van der Waals surface area contributed by atoms with E-state index >= 15 is 0 Å². The molecule has 2 aliphatic rings. The molecule has 3 amide bonds. The smallest absolute Gasteiger partial charge is 0.321 e. The van der Waals surface area contributed by atoms with Gasteiger partial charge in [0.05, 0.1) is 25.4 Å². The van der Waals surface area contributed by atoms with Crippen molar-refractivity contribution in [1.82, 2.24) is 14.7 Å². The van der Waals surface area contributed by atoms with Gasteiger partial charge in [-0.3, -0.25) is 9.69 Å². The lowest BCUT2D eigenvalue weighted by Crippen LogP contribution is -2.44. The predicted molar refractivity (Wildman–Crippen MR) is 107 cm³/mol. The quantitative estimate of drug-likeness (QED) is 0.797. The van der Waals surface area contributed by atoms with E-state index < -0.39 is 0 Å². The van der Waals surface area contributed by atoms with Crippen LogP contribution in [0.5, 0.6) is 5.75 Å². The minimum Gasteiger partial charge on any atom is -0.495 e. The first-order valence-electron chi connectivity index (χ1n) is 9.84. The Morgan fingerprint density at radius 2 is 1.96 bits per heavy atom. The minimum atomic E-state index is -0.134. The molecule has 1 aromatic carbocycles. The third kappa shape index (κ3) is 4.74. The van der Waals surface area contributed by atoms with Crippen LogP contribution in [0.15, 0.2) is 24.3 Å². The van der Waals surface area contributed by atoms with Gasteiger partial charge < -0.3 is 24.6 Å². The summed E-state index contributed by atoms with van der Waals surface area (Å²) in [6.07, 6.45) is 1.69. The number of amides is 3. The molecule has 28 heavy (non-hydrogen) atoms. The van der Waals surface area contributed by atoms with Gasteiger partial charge in [0.2, 0.25) is 5.91 Å². The van der Waals surface area contributed by atoms with E-state index in [1.165, 1.54) is 0 Å². The number of benzene rings is 1. The van der Waals surface area contributed by atoms with Crippen molar-refractivity contribution in [1.29, 1.82) is 0 Å². The molecule has 2 aliphatic heterocycles. The van der Waals surface area contributed by atoms with Crippen molar-refractivity contribution in [2.24, 2.45) is 0 Å². The number of anilines is 1. The summed E-state index contributed by atoms with van der Waals surface area (Å²) < 4.78 is 10.4. The summed E-state index contributed by atoms with van der Waals surface area (Å²) >= 11 is 0. The molecule has 2 saturated heterocycles. The molecule has 1 aromatic rings. The predicted octanol–water partition coefficient (Wildman–Crippen LogP) is 1.48. The number of likely N-dealkylation sites (tertiary alicyclic amines) is 1. The topological polar surface area (TPSA) is 74.3 Å². The van der Waals surface area contributed by atoms with Gasteiger partial charge in [-0.05, 0) is 25.0 Å². The maximum atomic E-state index is 12.7. The van der Waals surface area contributed by atoms with E-state index in [1.54, 1.807) is 14.2 Å². The molecular formula is C20H30N4O4. The normalized spacial score (nSPS) is 20.9. The summed E-state index contributed by atoms with van der Waals surface area (Å²) in [4.78, 5) is 31.3. The second-order valence-electron chi connectivity index (χ2n) is 7.13. The number of urea groups is 1. The highest BCUT2D eigenvalue weighted by Crippen LogP contribution is 2.24. The molecular weight excluding hydrogens is 360 g/mol. The molecule has 2 heterocycles. The summed E-state index contributed by atoms with van der Waals surface area (Å²) in [5.74, 6) is 0.823. The third-order valence-electron chi connectivity index (χ3n) is 5.44. The molecule has 0 aromatic heterocycles. The lowest BCUT2D eigenvalue weighted by molar-refractivity contribution is -0.132. The van der Waals surface area contributed by atoms with Crippen LogP contribution >= 0.6 is 0 Å². The van der Waals surface area contributed by atoms with Crippen molar-refractivity contribution in [2.45, 2.75) is 18.9 Å². The molecule has 3 rings (SSSR count). The average molecular weight is 390 g/mol. The Kier molecular flexibility index (Phi) is 7.11. The molecule has 1 atom stereocenters. The van der Waals surface area contributed by atoms with Crippen LogP contribution in [-0.4, -0.2) is 92.8 Å². The van der Waals surface area contributed by atoms with E-state index in [4.69, 9.17) is 9.47 Å². The molecule has 0 spiro atoms. The number of nitrogens with one attached hydrogen (secondary N) is 1. The van der Waals surface area contributed by atoms with Gasteiger partial charge in [-0.15, -0.1) is 0 Å². The number of ether oxygens (including phenoxy) is 2. The fourth-order valence-corrected chi connectivity index (χ4v) is 3.88. The molecule has 0 saturated carbocycles. The van der Waals surface area contributed by atoms with Crippen molar-refractivity contribution in [2.75, 3.05) is 65.4 Å². The zero-order chi connectivity index (χ0) is 19.9. The van der Waals surface area contributed by atoms with Crippen LogP contribution in [0, 0.1) is 0 Å². The SMILES string of the molecule is COCCN1CC[C@H](N2CCCN(C(=O)Nc3ccccc3OC)CC2)C1=O. The third-order valence-corrected chi connectivity index (χ3v) is 5.44. The van der Waals surface area contributed by atoms with Crippen LogP contribution in [0.1, 0.15) is 12.8 Å². The van der Waals surface area contributed by atoms with Gasteiger partial charge in [-0.25, -0.2) is 4.79 Å². The lowest BCUT2D eigenvalue weighted by atomic mass is 10.2. The Hall–Kier alpha value is -2.32. The molecule has 8 nitrogen and oxygen atoms in total. The van der Waals surface area contributed by atoms with E-state index in [9.17, 15) is 9.59 Å². The molecule has 2 fully saturated rings. The Balaban J connectivity index is 1.55. The highest BCUT2D eigenvalue weighted by Gasteiger charge is 2.36. The van der Waals surface area contributed by atoms with Crippen molar-refractivity contribution >= 4 is 17.6 Å². The largest absolute Gasteiger partial charge is 0.495 e. The number of hydrogen-bond acceptors (Lipinski definition) is 5. The van der Waals surface area contributed by atoms with E-state index in [1.807, 2.05) is 34.1 Å². The molecule has 8 heteroatoms. The van der Waals surface area contributed by atoms with Crippen molar-refractivity contribution in [3.8, 4) is 5.75 Å². The second-order valence-corrected chi connectivity index (χ2v) is 7.13. The first-order chi connectivity index (χ1) is 13.6. The van der Waals surface area contributed by atoms with Crippen molar-refractivity contribution < 1.29 is 19.1 Å². The van der Waals surface area contributed by atoms with Crippen LogP contribution in [-0.2, 0) is 9.53 Å². The van der Waals surface area contributed by atoms with Crippen molar-refractivity contribution in [3.05, 3.63) is 24.3 Å². The number of hydrogen-bond donors (Lipinski definition) is 1. The van der Waals surface area contributed by atoms with Crippen molar-refractivity contribution in [3.63, 3.8) is 0 Å². The van der Waals surface area contributed by atoms with Gasteiger partial charge in [0.1, 0.15) is 5.75 Å². The summed E-state index contributed by atoms with van der Waals surface area (Å²) in [6, 6.07) is 7.17. The molecule has 0 aliphatic carbocycles. The second kappa shape index (κ2) is 9.75. The zero-order valence-electron chi connectivity index (χ0n) is 16.7. The van der Waals surface area contributed by atoms with Gasteiger partial charge in [0, 0.05) is 46.4 Å². The minimum absolute atomic E-state index is 0.0749. The van der Waals surface area contributed by atoms with E-state index in [0.717, 1.165) is 25.9 Å². The highest BCUT2D eigenvalue weighted by molar-refractivity contribution is 5.91. The van der Waals surface area contributed by atoms with Gasteiger partial charge >= 0.3 is 6.03 Å². The van der Waals surface area contributed by atoms with Crippen LogP contribution in [0.3, 0.4) is 0 Å². The summed E-state index contributed by atoms with van der Waals surface area (Å²) in [5, 5.41) is 2.94. The monoisotopic (exact) mass is 390 g/mol. The zero-order valence-corrected chi connectivity index (χ0v) is 16.7. The van der Waals surface area contributed by atoms with Crippen LogP contribution < -0.4 is 10.1 Å². The van der Waals surface area contributed by atoms with E-state index in [2.05, 4.69) is 10.2 Å². The number of methoxy groups -OCH3 is 2. The maximum Gasteiger partial charge on any atom is 0.321 e. The maximum absolute atomic E-state index is 12.7. The van der Waals surface area contributed by atoms with Gasteiger partial charge in [0.15, 0.2) is 0 Å². The molecule has 0 radical (unpaired) electrons. The lowest BCUT2D eigenvalue weighted by Gasteiger charge is -2.26. The Labute approximate surface area is 166 Å². The highest BCUT2D eigenvalue weighted by atomic mass is 16.5. The number of rotatable bonds is 6. The fraction of sp³-hybridized carbons (Fsp3) is 0.600. The Morgan fingerprint density at radius 1 is 1.14 bits per heavy atom. The van der Waals surface area contributed by atoms with E-state index in [0.29, 0.717) is 44.2 Å². The number of para-hydroxylation sites is 2. The van der Waals surface area contributed by atoms with Gasteiger partial charge in [0.25, 0.3) is 0 Å². The van der Waals surface area contributed by atoms with Crippen LogP contribution in [0.4, 0.5) is 10.5 Å². The van der Waals surface area contributed by atoms with Gasteiger partial charge in [-0.2, -0.15) is 0 Å². The fourth-order valence-electron chi connectivity index (χ4n) is 3.88.